The largest absolute Gasteiger partial charge is 0.486 e. The molecule has 0 unspecified atom stereocenters. The molecular formula is C22H20N2O6. The van der Waals surface area contributed by atoms with Gasteiger partial charge in [0.2, 0.25) is 0 Å². The van der Waals surface area contributed by atoms with Gasteiger partial charge in [0.05, 0.1) is 6.26 Å². The van der Waals surface area contributed by atoms with Gasteiger partial charge >= 0.3 is 0 Å². The molecule has 154 valence electrons. The number of anilines is 2. The fourth-order valence-corrected chi connectivity index (χ4v) is 2.84. The van der Waals surface area contributed by atoms with Crippen molar-refractivity contribution in [2.24, 2.45) is 0 Å². The number of rotatable bonds is 6. The Morgan fingerprint density at radius 3 is 2.40 bits per heavy atom. The zero-order valence-corrected chi connectivity index (χ0v) is 16.2. The van der Waals surface area contributed by atoms with E-state index < -0.39 is 6.10 Å². The summed E-state index contributed by atoms with van der Waals surface area (Å²) < 4.78 is 21.7. The van der Waals surface area contributed by atoms with Crippen molar-refractivity contribution >= 4 is 23.2 Å². The predicted octanol–water partition coefficient (Wildman–Crippen LogP) is 3.71. The summed E-state index contributed by atoms with van der Waals surface area (Å²) >= 11 is 0. The van der Waals surface area contributed by atoms with E-state index in [1.54, 1.807) is 61.5 Å². The Balaban J connectivity index is 1.32. The van der Waals surface area contributed by atoms with Crippen molar-refractivity contribution in [1.82, 2.24) is 0 Å². The lowest BCUT2D eigenvalue weighted by molar-refractivity contribution is -0.122. The topological polar surface area (TPSA) is 99.0 Å². The first-order valence-electron chi connectivity index (χ1n) is 9.40. The molecule has 1 atom stereocenters. The van der Waals surface area contributed by atoms with E-state index >= 15 is 0 Å². The van der Waals surface area contributed by atoms with Gasteiger partial charge in [0.25, 0.3) is 11.8 Å². The fraction of sp³-hybridized carbons (Fsp3) is 0.182. The average Bonchev–Trinajstić information content (AvgIpc) is 3.30. The average molecular weight is 408 g/mol. The summed E-state index contributed by atoms with van der Waals surface area (Å²) in [6.45, 7) is 2.64. The molecule has 1 aliphatic heterocycles. The Kier molecular flexibility index (Phi) is 5.56. The maximum Gasteiger partial charge on any atom is 0.291 e. The fourth-order valence-electron chi connectivity index (χ4n) is 2.84. The molecule has 2 heterocycles. The minimum atomic E-state index is -0.734. The van der Waals surface area contributed by atoms with Gasteiger partial charge in [0.15, 0.2) is 23.4 Å². The van der Waals surface area contributed by atoms with Crippen LogP contribution in [-0.4, -0.2) is 31.1 Å². The zero-order chi connectivity index (χ0) is 20.9. The number of ether oxygens (including phenoxy) is 3. The number of hydrogen-bond donors (Lipinski definition) is 2. The first-order chi connectivity index (χ1) is 14.6. The third-order valence-corrected chi connectivity index (χ3v) is 4.35. The Labute approximate surface area is 172 Å². The molecule has 1 aliphatic rings. The van der Waals surface area contributed by atoms with Crippen LogP contribution in [-0.2, 0) is 4.79 Å². The molecule has 0 fully saturated rings. The molecule has 8 nitrogen and oxygen atoms in total. The summed E-state index contributed by atoms with van der Waals surface area (Å²) in [4.78, 5) is 24.4. The van der Waals surface area contributed by atoms with E-state index in [0.29, 0.717) is 41.8 Å². The number of fused-ring (bicyclic) bond motifs is 1. The van der Waals surface area contributed by atoms with Gasteiger partial charge in [0.1, 0.15) is 19.0 Å². The van der Waals surface area contributed by atoms with E-state index in [2.05, 4.69) is 10.6 Å². The van der Waals surface area contributed by atoms with Crippen LogP contribution in [0.2, 0.25) is 0 Å². The van der Waals surface area contributed by atoms with Crippen LogP contribution < -0.4 is 24.8 Å². The van der Waals surface area contributed by atoms with Gasteiger partial charge in [-0.3, -0.25) is 9.59 Å². The van der Waals surface area contributed by atoms with Gasteiger partial charge in [-0.05, 0) is 55.5 Å². The molecule has 2 aromatic carbocycles. The summed E-state index contributed by atoms with van der Waals surface area (Å²) in [5.74, 6) is 1.32. The number of nitrogens with one attached hydrogen (secondary N) is 2. The summed E-state index contributed by atoms with van der Waals surface area (Å²) in [7, 11) is 0. The number of benzene rings is 2. The summed E-state index contributed by atoms with van der Waals surface area (Å²) in [5, 5.41) is 5.51. The highest BCUT2D eigenvalue weighted by Crippen LogP contribution is 2.32. The normalized spacial score (nSPS) is 13.2. The number of hydrogen-bond acceptors (Lipinski definition) is 6. The van der Waals surface area contributed by atoms with Crippen molar-refractivity contribution in [3.05, 3.63) is 66.6 Å². The molecule has 0 radical (unpaired) electrons. The predicted molar refractivity (Wildman–Crippen MR) is 109 cm³/mol. The summed E-state index contributed by atoms with van der Waals surface area (Å²) in [6, 6.07) is 15.1. The number of furan rings is 1. The van der Waals surface area contributed by atoms with E-state index in [1.165, 1.54) is 6.26 Å². The molecule has 30 heavy (non-hydrogen) atoms. The Morgan fingerprint density at radius 2 is 1.67 bits per heavy atom. The van der Waals surface area contributed by atoms with Crippen molar-refractivity contribution in [3.63, 3.8) is 0 Å². The molecule has 4 rings (SSSR count). The minimum absolute atomic E-state index is 0.222. The summed E-state index contributed by atoms with van der Waals surface area (Å²) in [6.07, 6.45) is 0.699. The maximum atomic E-state index is 12.5. The van der Waals surface area contributed by atoms with Crippen molar-refractivity contribution in [2.75, 3.05) is 23.8 Å². The molecule has 2 amide bonds. The van der Waals surface area contributed by atoms with Crippen LogP contribution in [0.1, 0.15) is 17.5 Å². The molecule has 0 bridgehead atoms. The SMILES string of the molecule is C[C@@H](Oc1ccc(NC(=O)c2ccco2)cc1)C(=O)Nc1ccc2c(c1)OCCO2. The van der Waals surface area contributed by atoms with Gasteiger partial charge < -0.3 is 29.3 Å². The van der Waals surface area contributed by atoms with Gasteiger partial charge in [-0.1, -0.05) is 0 Å². The van der Waals surface area contributed by atoms with E-state index in [0.717, 1.165) is 0 Å². The van der Waals surface area contributed by atoms with Crippen LogP contribution in [0.3, 0.4) is 0 Å². The van der Waals surface area contributed by atoms with E-state index in [9.17, 15) is 9.59 Å². The molecule has 0 aliphatic carbocycles. The molecule has 0 saturated carbocycles. The second-order valence-corrected chi connectivity index (χ2v) is 6.56. The third-order valence-electron chi connectivity index (χ3n) is 4.35. The van der Waals surface area contributed by atoms with E-state index in [-0.39, 0.29) is 17.6 Å². The van der Waals surface area contributed by atoms with Gasteiger partial charge in [-0.25, -0.2) is 0 Å². The Bertz CT molecular complexity index is 1030. The van der Waals surface area contributed by atoms with Gasteiger partial charge in [-0.2, -0.15) is 0 Å². The third kappa shape index (κ3) is 4.54. The molecular weight excluding hydrogens is 388 g/mol. The molecule has 8 heteroatoms. The highest BCUT2D eigenvalue weighted by Gasteiger charge is 2.17. The van der Waals surface area contributed by atoms with E-state index in [1.807, 2.05) is 0 Å². The Hall–Kier alpha value is -3.94. The maximum absolute atomic E-state index is 12.5. The molecule has 3 aromatic rings. The van der Waals surface area contributed by atoms with Crippen LogP contribution >= 0.6 is 0 Å². The van der Waals surface area contributed by atoms with Crippen molar-refractivity contribution in [3.8, 4) is 17.2 Å². The van der Waals surface area contributed by atoms with Crippen LogP contribution in [0.5, 0.6) is 17.2 Å². The van der Waals surface area contributed by atoms with Gasteiger partial charge in [-0.15, -0.1) is 0 Å². The second-order valence-electron chi connectivity index (χ2n) is 6.56. The van der Waals surface area contributed by atoms with E-state index in [4.69, 9.17) is 18.6 Å². The van der Waals surface area contributed by atoms with Crippen LogP contribution in [0.4, 0.5) is 11.4 Å². The van der Waals surface area contributed by atoms with Crippen LogP contribution in [0.15, 0.2) is 65.3 Å². The van der Waals surface area contributed by atoms with Crippen molar-refractivity contribution in [2.45, 2.75) is 13.0 Å². The Morgan fingerprint density at radius 1 is 0.933 bits per heavy atom. The molecule has 0 saturated heterocycles. The number of amides is 2. The quantitative estimate of drug-likeness (QED) is 0.645. The number of carbonyl (C=O) groups excluding carboxylic acids is 2. The number of carbonyl (C=O) groups is 2. The van der Waals surface area contributed by atoms with Gasteiger partial charge in [0, 0.05) is 17.4 Å². The smallest absolute Gasteiger partial charge is 0.291 e. The molecule has 1 aromatic heterocycles. The molecule has 0 spiro atoms. The monoisotopic (exact) mass is 408 g/mol. The second kappa shape index (κ2) is 8.60. The summed E-state index contributed by atoms with van der Waals surface area (Å²) in [5.41, 5.74) is 1.17. The lowest BCUT2D eigenvalue weighted by Gasteiger charge is -2.20. The molecule has 2 N–H and O–H groups in total. The highest BCUT2D eigenvalue weighted by atomic mass is 16.6. The standard InChI is InChI=1S/C22H20N2O6/c1-14(21(25)24-16-6-9-18-20(13-16)29-12-11-28-18)30-17-7-4-15(5-8-17)23-22(26)19-3-2-10-27-19/h2-10,13-14H,11-12H2,1H3,(H,23,26)(H,24,25)/t14-/m1/s1. The zero-order valence-electron chi connectivity index (χ0n) is 16.2. The van der Waals surface area contributed by atoms with Crippen LogP contribution in [0, 0.1) is 0 Å². The lowest BCUT2D eigenvalue weighted by atomic mass is 10.2. The first-order valence-corrected chi connectivity index (χ1v) is 9.40. The minimum Gasteiger partial charge on any atom is -0.486 e. The lowest BCUT2D eigenvalue weighted by Crippen LogP contribution is -2.30. The van der Waals surface area contributed by atoms with Crippen molar-refractivity contribution < 1.29 is 28.2 Å². The van der Waals surface area contributed by atoms with Crippen LogP contribution in [0.25, 0.3) is 0 Å². The van der Waals surface area contributed by atoms with Crippen molar-refractivity contribution in [1.29, 1.82) is 0 Å². The first kappa shape index (κ1) is 19.4. The highest BCUT2D eigenvalue weighted by molar-refractivity contribution is 6.02.